The van der Waals surface area contributed by atoms with E-state index in [0.29, 0.717) is 5.69 Å². The van der Waals surface area contributed by atoms with Crippen LogP contribution in [0.1, 0.15) is 12.5 Å². The average Bonchev–Trinajstić information content (AvgIpc) is 2.81. The van der Waals surface area contributed by atoms with Crippen molar-refractivity contribution >= 4 is 17.1 Å². The number of benzene rings is 2. The van der Waals surface area contributed by atoms with Gasteiger partial charge in [0.15, 0.2) is 0 Å². The van der Waals surface area contributed by atoms with E-state index in [1.807, 2.05) is 55.5 Å². The fourth-order valence-electron chi connectivity index (χ4n) is 1.58. The Bertz CT molecular complexity index is 766. The van der Waals surface area contributed by atoms with Gasteiger partial charge in [-0.3, -0.25) is 4.99 Å². The maximum absolute atomic E-state index is 7.50. The standard InChI is InChI=1S/C15H12N2.5CO.Cr/c1-12(13-8-4-3-5-9-13)17-15-11-7-6-10-14(15)16-2;5*1-2;/h3-11H,1H3;;;;;;. The van der Waals surface area contributed by atoms with E-state index < -0.39 is 0 Å². The van der Waals surface area contributed by atoms with Gasteiger partial charge in [0.05, 0.1) is 12.3 Å². The maximum Gasteiger partial charge on any atom is 0 e. The molecule has 28 heavy (non-hydrogen) atoms. The van der Waals surface area contributed by atoms with Crippen molar-refractivity contribution in [2.75, 3.05) is 0 Å². The Labute approximate surface area is 174 Å². The molecule has 0 atom stereocenters. The van der Waals surface area contributed by atoms with Gasteiger partial charge in [0.25, 0.3) is 0 Å². The summed E-state index contributed by atoms with van der Waals surface area (Å²) in [7, 11) is 0. The third-order valence-corrected chi connectivity index (χ3v) is 2.48. The summed E-state index contributed by atoms with van der Waals surface area (Å²) in [6, 6.07) is 17.4. The molecule has 0 N–H and O–H groups in total. The third-order valence-electron chi connectivity index (χ3n) is 2.48. The summed E-state index contributed by atoms with van der Waals surface area (Å²) in [4.78, 5) is 7.96. The number of hydrogen-bond donors (Lipinski definition) is 0. The fourth-order valence-corrected chi connectivity index (χ4v) is 1.58. The maximum atomic E-state index is 7.50. The molecule has 2 rings (SSSR count). The van der Waals surface area contributed by atoms with Crippen LogP contribution < -0.4 is 0 Å². The molecule has 0 saturated carbocycles. The van der Waals surface area contributed by atoms with Crippen molar-refractivity contribution in [3.8, 4) is 0 Å². The second-order valence-corrected chi connectivity index (χ2v) is 3.66. The number of rotatable bonds is 2. The van der Waals surface area contributed by atoms with E-state index in [0.717, 1.165) is 17.0 Å². The van der Waals surface area contributed by atoms with Gasteiger partial charge in [0.1, 0.15) is 0 Å². The van der Waals surface area contributed by atoms with Crippen molar-refractivity contribution in [3.05, 3.63) is 105 Å². The summed E-state index contributed by atoms with van der Waals surface area (Å²) < 4.78 is 37.5. The second-order valence-electron chi connectivity index (χ2n) is 3.66. The summed E-state index contributed by atoms with van der Waals surface area (Å²) in [5, 5.41) is 0. The van der Waals surface area contributed by atoms with Gasteiger partial charge < -0.3 is 0 Å². The van der Waals surface area contributed by atoms with E-state index in [1.54, 1.807) is 6.07 Å². The molecule has 7 nitrogen and oxygen atoms in total. The van der Waals surface area contributed by atoms with Crippen LogP contribution in [-0.2, 0) is 40.6 Å². The molecule has 0 fully saturated rings. The summed E-state index contributed by atoms with van der Waals surface area (Å²) in [6.07, 6.45) is 0. The molecule has 0 unspecified atom stereocenters. The van der Waals surface area contributed by atoms with Crippen LogP contribution in [0.25, 0.3) is 4.85 Å². The van der Waals surface area contributed by atoms with E-state index in [-0.39, 0.29) is 17.4 Å². The Morgan fingerprint density at radius 2 is 1.11 bits per heavy atom. The molecule has 0 aromatic heterocycles. The van der Waals surface area contributed by atoms with E-state index in [2.05, 4.69) is 43.1 Å². The molecule has 2 aromatic carbocycles. The van der Waals surface area contributed by atoms with Crippen molar-refractivity contribution in [1.82, 2.24) is 0 Å². The molecule has 0 aliphatic heterocycles. The number of hydrogen-bond acceptors (Lipinski definition) is 1. The minimum absolute atomic E-state index is 0. The average molecular weight is 412 g/mol. The zero-order valence-electron chi connectivity index (χ0n) is 14.5. The van der Waals surface area contributed by atoms with Gasteiger partial charge in [-0.2, -0.15) is 0 Å². The van der Waals surface area contributed by atoms with Crippen molar-refractivity contribution in [2.24, 2.45) is 4.99 Å². The van der Waals surface area contributed by atoms with Crippen LogP contribution >= 0.6 is 0 Å². The third kappa shape index (κ3) is 16.3. The Morgan fingerprint density at radius 1 is 0.714 bits per heavy atom. The molecule has 2 aromatic rings. The van der Waals surface area contributed by atoms with E-state index in [9.17, 15) is 0 Å². The van der Waals surface area contributed by atoms with Gasteiger partial charge in [0, 0.05) is 23.1 Å². The predicted molar refractivity (Wildman–Crippen MR) is 90.7 cm³/mol. The SMILES string of the molecule is [C-]#[N+]c1ccccc1N=C(C)c1ccccc1.[C-]#[O+].[C-]#[O+].[C-]#[O+].[C-]#[O+].[C-]#[O+].[Cr]. The first-order chi connectivity index (χ1) is 13.3. The molecule has 0 aliphatic rings. The van der Waals surface area contributed by atoms with E-state index >= 15 is 0 Å². The molecular formula is C20H12CrN2O5. The molecular weight excluding hydrogens is 400 g/mol. The molecule has 0 radical (unpaired) electrons. The van der Waals surface area contributed by atoms with Crippen LogP contribution in [0.15, 0.2) is 59.6 Å². The number of para-hydroxylation sites is 2. The molecule has 138 valence electrons. The van der Waals surface area contributed by atoms with Gasteiger partial charge in [0.2, 0.25) is 5.69 Å². The largest absolute Gasteiger partial charge is 0 e. The van der Waals surface area contributed by atoms with Crippen molar-refractivity contribution < 1.29 is 40.6 Å². The zero-order valence-corrected chi connectivity index (χ0v) is 15.8. The molecule has 8 heteroatoms. The van der Waals surface area contributed by atoms with E-state index in [1.165, 1.54) is 0 Å². The Hall–Kier alpha value is -3.17. The first kappa shape index (κ1) is 35.9. The van der Waals surface area contributed by atoms with Crippen molar-refractivity contribution in [3.63, 3.8) is 0 Å². The van der Waals surface area contributed by atoms with Crippen molar-refractivity contribution in [1.29, 1.82) is 0 Å². The molecule has 0 aliphatic carbocycles. The quantitative estimate of drug-likeness (QED) is 0.400. The summed E-state index contributed by atoms with van der Waals surface area (Å²) >= 11 is 0. The van der Waals surface area contributed by atoms with Crippen molar-refractivity contribution in [2.45, 2.75) is 6.92 Å². The monoisotopic (exact) mass is 412 g/mol. The van der Waals surface area contributed by atoms with Crippen LogP contribution in [-0.4, -0.2) is 5.71 Å². The van der Waals surface area contributed by atoms with E-state index in [4.69, 9.17) is 29.8 Å². The van der Waals surface area contributed by atoms with Crippen LogP contribution in [0.2, 0.25) is 0 Å². The van der Waals surface area contributed by atoms with Gasteiger partial charge >= 0.3 is 56.5 Å². The molecule has 0 amide bonds. The number of nitrogens with zero attached hydrogens (tertiary/aromatic N) is 2. The second kappa shape index (κ2) is 31.6. The Morgan fingerprint density at radius 3 is 1.54 bits per heavy atom. The van der Waals surface area contributed by atoms with Crippen LogP contribution in [0.4, 0.5) is 11.4 Å². The zero-order chi connectivity index (χ0) is 22.1. The van der Waals surface area contributed by atoms with Gasteiger partial charge in [-0.25, -0.2) is 4.85 Å². The Balaban J connectivity index is -0.000000140. The first-order valence-electron chi connectivity index (χ1n) is 6.40. The van der Waals surface area contributed by atoms with Gasteiger partial charge in [-0.05, 0) is 18.6 Å². The summed E-state index contributed by atoms with van der Waals surface area (Å²) in [5.41, 5.74) is 3.31. The topological polar surface area (TPSA) is 116 Å². The van der Waals surface area contributed by atoms with Crippen LogP contribution in [0.5, 0.6) is 0 Å². The fraction of sp³-hybridized carbons (Fsp3) is 0.0500. The normalized spacial score (nSPS) is 7.00. The summed E-state index contributed by atoms with van der Waals surface area (Å²) in [6.45, 7) is 31.5. The smallest absolute Gasteiger partial charge is 0 e. The minimum Gasteiger partial charge on any atom is 0 e. The van der Waals surface area contributed by atoms with Crippen LogP contribution in [0, 0.1) is 39.8 Å². The van der Waals surface area contributed by atoms with Gasteiger partial charge in [-0.15, -0.1) is 0 Å². The molecule has 0 spiro atoms. The molecule has 0 bridgehead atoms. The van der Waals surface area contributed by atoms with Gasteiger partial charge in [-0.1, -0.05) is 48.5 Å². The Kier molecular flexibility index (Phi) is 40.5. The first-order valence-corrected chi connectivity index (χ1v) is 6.40. The summed E-state index contributed by atoms with van der Waals surface area (Å²) in [5.74, 6) is 0. The molecule has 0 saturated heterocycles. The minimum atomic E-state index is 0. The van der Waals surface area contributed by atoms with Crippen LogP contribution in [0.3, 0.4) is 0 Å². The number of aliphatic imine (C=N–C) groups is 1. The predicted octanol–water partition coefficient (Wildman–Crippen LogP) is 4.19. The molecule has 0 heterocycles.